The zero-order valence-electron chi connectivity index (χ0n) is 11.0. The molecule has 0 amide bonds. The van der Waals surface area contributed by atoms with Crippen molar-refractivity contribution in [3.63, 3.8) is 0 Å². The summed E-state index contributed by atoms with van der Waals surface area (Å²) < 4.78 is 7.10. The molecule has 0 bridgehead atoms. The minimum absolute atomic E-state index is 0.158. The van der Waals surface area contributed by atoms with Gasteiger partial charge in [-0.25, -0.2) is 0 Å². The van der Waals surface area contributed by atoms with Crippen LogP contribution in [0.25, 0.3) is 10.3 Å². The molecule has 0 aromatic carbocycles. The normalized spacial score (nSPS) is 13.6. The number of rotatable bonds is 0. The minimum Gasteiger partial charge on any atom is -0.463 e. The Kier molecular flexibility index (Phi) is 2.46. The molecule has 2 heteroatoms. The van der Waals surface area contributed by atoms with Gasteiger partial charge < -0.3 is 4.42 Å². The van der Waals surface area contributed by atoms with Crippen LogP contribution in [0.15, 0.2) is 16.1 Å². The van der Waals surface area contributed by atoms with Gasteiger partial charge in [0.25, 0.3) is 0 Å². The zero-order valence-corrected chi connectivity index (χ0v) is 11.8. The van der Waals surface area contributed by atoms with E-state index in [-0.39, 0.29) is 10.8 Å². The van der Waals surface area contributed by atoms with E-state index in [1.54, 1.807) is 0 Å². The van der Waals surface area contributed by atoms with E-state index in [1.165, 1.54) is 15.8 Å². The lowest BCUT2D eigenvalue weighted by atomic mass is 9.86. The molecular weight excluding hydrogens is 216 g/mol. The Hall–Kier alpha value is -0.760. The number of thiophene rings is 1. The smallest absolute Gasteiger partial charge is 0.148 e. The third kappa shape index (κ3) is 1.80. The van der Waals surface area contributed by atoms with Crippen LogP contribution in [0.1, 0.15) is 52.7 Å². The highest BCUT2D eigenvalue weighted by molar-refractivity contribution is 7.17. The van der Waals surface area contributed by atoms with E-state index in [0.717, 1.165) is 5.58 Å². The molecule has 2 rings (SSSR count). The van der Waals surface area contributed by atoms with E-state index in [0.29, 0.717) is 0 Å². The first kappa shape index (κ1) is 11.7. The molecule has 0 spiro atoms. The maximum absolute atomic E-state index is 5.78. The summed E-state index contributed by atoms with van der Waals surface area (Å²) in [6.45, 7) is 13.4. The van der Waals surface area contributed by atoms with Crippen molar-refractivity contribution in [3.05, 3.63) is 22.8 Å². The molecule has 0 saturated heterocycles. The fourth-order valence-electron chi connectivity index (χ4n) is 1.86. The predicted octanol–water partition coefficient (Wildman–Crippen LogP) is 5.09. The van der Waals surface area contributed by atoms with E-state index in [4.69, 9.17) is 4.42 Å². The Morgan fingerprint density at radius 3 is 2.00 bits per heavy atom. The van der Waals surface area contributed by atoms with Gasteiger partial charge in [-0.2, -0.15) is 0 Å². The quantitative estimate of drug-likeness (QED) is 0.621. The lowest BCUT2D eigenvalue weighted by Crippen LogP contribution is -2.10. The van der Waals surface area contributed by atoms with Gasteiger partial charge >= 0.3 is 0 Å². The van der Waals surface area contributed by atoms with E-state index >= 15 is 0 Å². The van der Waals surface area contributed by atoms with Crippen molar-refractivity contribution in [2.24, 2.45) is 0 Å². The maximum atomic E-state index is 5.78. The fourth-order valence-corrected chi connectivity index (χ4v) is 3.30. The highest BCUT2D eigenvalue weighted by Gasteiger charge is 2.26. The number of hydrogen-bond acceptors (Lipinski definition) is 2. The van der Waals surface area contributed by atoms with Gasteiger partial charge in [-0.05, 0) is 16.2 Å². The molecule has 16 heavy (non-hydrogen) atoms. The lowest BCUT2D eigenvalue weighted by Gasteiger charge is -2.16. The second kappa shape index (κ2) is 3.36. The summed E-state index contributed by atoms with van der Waals surface area (Å²) in [6, 6.07) is 0. The molecule has 0 atom stereocenters. The Balaban J connectivity index is 2.66. The van der Waals surface area contributed by atoms with Crippen LogP contribution < -0.4 is 0 Å². The van der Waals surface area contributed by atoms with Gasteiger partial charge in [0.2, 0.25) is 0 Å². The highest BCUT2D eigenvalue weighted by atomic mass is 32.1. The topological polar surface area (TPSA) is 13.1 Å². The summed E-state index contributed by atoms with van der Waals surface area (Å²) in [7, 11) is 0. The van der Waals surface area contributed by atoms with Crippen LogP contribution in [0.5, 0.6) is 0 Å². The SMILES string of the molecule is CC(C)(C)c1csc2c(C(C)(C)C)coc12. The van der Waals surface area contributed by atoms with Crippen LogP contribution in [-0.4, -0.2) is 0 Å². The van der Waals surface area contributed by atoms with Crippen molar-refractivity contribution in [1.29, 1.82) is 0 Å². The van der Waals surface area contributed by atoms with Crippen LogP contribution in [0.4, 0.5) is 0 Å². The zero-order chi connectivity index (χ0) is 12.1. The Bertz CT molecular complexity index is 455. The van der Waals surface area contributed by atoms with E-state index in [1.807, 2.05) is 17.6 Å². The Labute approximate surface area is 101 Å². The van der Waals surface area contributed by atoms with Crippen molar-refractivity contribution in [2.75, 3.05) is 0 Å². The van der Waals surface area contributed by atoms with E-state index in [2.05, 4.69) is 46.9 Å². The lowest BCUT2D eigenvalue weighted by molar-refractivity contribution is 0.542. The third-order valence-corrected chi connectivity index (χ3v) is 3.90. The molecule has 0 fully saturated rings. The molecule has 2 aromatic rings. The summed E-state index contributed by atoms with van der Waals surface area (Å²) in [4.78, 5) is 0. The van der Waals surface area contributed by atoms with Gasteiger partial charge in [0, 0.05) is 11.1 Å². The average Bonchev–Trinajstić information content (AvgIpc) is 2.54. The molecule has 0 aliphatic rings. The van der Waals surface area contributed by atoms with Crippen molar-refractivity contribution in [1.82, 2.24) is 0 Å². The predicted molar refractivity (Wildman–Crippen MR) is 71.5 cm³/mol. The van der Waals surface area contributed by atoms with Crippen LogP contribution in [0.3, 0.4) is 0 Å². The first-order valence-electron chi connectivity index (χ1n) is 5.71. The first-order chi connectivity index (χ1) is 7.21. The molecule has 2 heterocycles. The van der Waals surface area contributed by atoms with Gasteiger partial charge in [-0.3, -0.25) is 0 Å². The first-order valence-corrected chi connectivity index (χ1v) is 6.59. The molecule has 2 aromatic heterocycles. The molecule has 0 radical (unpaired) electrons. The summed E-state index contributed by atoms with van der Waals surface area (Å²) in [5.41, 5.74) is 4.05. The minimum atomic E-state index is 0.158. The van der Waals surface area contributed by atoms with Crippen molar-refractivity contribution < 1.29 is 4.42 Å². The molecule has 0 aliphatic heterocycles. The Morgan fingerprint density at radius 1 is 0.938 bits per heavy atom. The van der Waals surface area contributed by atoms with Crippen LogP contribution in [0, 0.1) is 0 Å². The molecule has 0 N–H and O–H groups in total. The number of furan rings is 1. The fraction of sp³-hybridized carbons (Fsp3) is 0.571. The van der Waals surface area contributed by atoms with Gasteiger partial charge in [-0.15, -0.1) is 11.3 Å². The van der Waals surface area contributed by atoms with Crippen LogP contribution in [0.2, 0.25) is 0 Å². The molecule has 0 unspecified atom stereocenters. The van der Waals surface area contributed by atoms with E-state index < -0.39 is 0 Å². The standard InChI is InChI=1S/C14H20OS/c1-13(2,3)9-7-15-11-10(14(4,5)6)8-16-12(9)11/h7-8H,1-6H3. The van der Waals surface area contributed by atoms with Gasteiger partial charge in [-0.1, -0.05) is 41.5 Å². The molecule has 0 saturated carbocycles. The largest absolute Gasteiger partial charge is 0.463 e. The molecule has 88 valence electrons. The maximum Gasteiger partial charge on any atom is 0.148 e. The second-order valence-corrected chi connectivity index (χ2v) is 7.34. The van der Waals surface area contributed by atoms with E-state index in [9.17, 15) is 0 Å². The summed E-state index contributed by atoms with van der Waals surface area (Å²) in [5.74, 6) is 0. The number of fused-ring (bicyclic) bond motifs is 1. The van der Waals surface area contributed by atoms with Gasteiger partial charge in [0.05, 0.1) is 11.0 Å². The summed E-state index contributed by atoms with van der Waals surface area (Å²) >= 11 is 1.81. The Morgan fingerprint density at radius 2 is 1.50 bits per heavy atom. The van der Waals surface area contributed by atoms with Gasteiger partial charge in [0.1, 0.15) is 5.58 Å². The number of hydrogen-bond donors (Lipinski definition) is 0. The van der Waals surface area contributed by atoms with Gasteiger partial charge in [0.15, 0.2) is 0 Å². The van der Waals surface area contributed by atoms with Crippen molar-refractivity contribution in [3.8, 4) is 0 Å². The second-order valence-electron chi connectivity index (χ2n) is 6.46. The van der Waals surface area contributed by atoms with Crippen LogP contribution >= 0.6 is 11.3 Å². The van der Waals surface area contributed by atoms with Crippen molar-refractivity contribution >= 4 is 21.6 Å². The van der Waals surface area contributed by atoms with Crippen LogP contribution in [-0.2, 0) is 10.8 Å². The van der Waals surface area contributed by atoms with Crippen molar-refractivity contribution in [2.45, 2.75) is 52.4 Å². The molecule has 0 aliphatic carbocycles. The highest BCUT2D eigenvalue weighted by Crippen LogP contribution is 2.41. The molecule has 1 nitrogen and oxygen atoms in total. The summed E-state index contributed by atoms with van der Waals surface area (Å²) in [5, 5.41) is 2.24. The monoisotopic (exact) mass is 236 g/mol. The molecular formula is C14H20OS. The third-order valence-electron chi connectivity index (χ3n) is 2.90. The average molecular weight is 236 g/mol. The summed E-state index contributed by atoms with van der Waals surface area (Å²) in [6.07, 6.45) is 1.93.